The minimum absolute atomic E-state index is 0. The van der Waals surface area contributed by atoms with Crippen LogP contribution >= 0.6 is 0 Å². The molecule has 4 rings (SSSR count). The third-order valence-corrected chi connectivity index (χ3v) is 10.3. The maximum Gasteiger partial charge on any atom is 0.338 e. The van der Waals surface area contributed by atoms with Gasteiger partial charge in [-0.3, -0.25) is 14.4 Å². The summed E-state index contributed by atoms with van der Waals surface area (Å²) in [5, 5.41) is 49.7. The summed E-state index contributed by atoms with van der Waals surface area (Å²) >= 11 is 0. The molecule has 4 aliphatic rings. The topological polar surface area (TPSA) is 189 Å². The van der Waals surface area contributed by atoms with E-state index >= 15 is 0 Å². The average molecular weight is 1060 g/mol. The van der Waals surface area contributed by atoms with Gasteiger partial charge in [0.05, 0.1) is 18.8 Å². The first-order valence-corrected chi connectivity index (χ1v) is 14.7. The van der Waals surface area contributed by atoms with E-state index in [1.807, 2.05) is 0 Å². The van der Waals surface area contributed by atoms with Gasteiger partial charge in [0.1, 0.15) is 29.5 Å². The number of carbonyl (C=O) groups excluding carboxylic acids is 4. The summed E-state index contributed by atoms with van der Waals surface area (Å²) in [5.41, 5.74) is -5.39. The number of rotatable bonds is 6. The van der Waals surface area contributed by atoms with E-state index in [0.29, 0.717) is 12.0 Å². The molecule has 2 saturated carbocycles. The molecule has 1 saturated heterocycles. The van der Waals surface area contributed by atoms with Crippen molar-refractivity contribution in [1.29, 1.82) is 0 Å². The van der Waals surface area contributed by atoms with Crippen LogP contribution in [0.5, 0.6) is 0 Å². The monoisotopic (exact) mass is 1060 g/mol. The van der Waals surface area contributed by atoms with Gasteiger partial charge in [-0.05, 0) is 44.8 Å². The van der Waals surface area contributed by atoms with Crippen LogP contribution in [0.15, 0.2) is 22.8 Å². The normalized spacial score (nSPS) is 37.7. The maximum atomic E-state index is 14.2. The number of amides is 1. The Kier molecular flexibility index (Phi) is 13.4. The van der Waals surface area contributed by atoms with E-state index in [9.17, 15) is 39.6 Å². The SMILES string of the molecule is CC(=O)N[C@@H](C=C(C)C)[C@@H](O)C(=O)O[C@H]1C[C@@]2(O)[C@@H](OC(C)=O)[C@@H]3[C@]4(O)CO[C@@H]4CC[C@@]3(C)C(=O)[C@H](O)C(=C1C)C2(C)C.[Ac].[Ac]. The zero-order valence-corrected chi connectivity index (χ0v) is 36.7. The molecule has 12 nitrogen and oxygen atoms in total. The van der Waals surface area contributed by atoms with Crippen LogP contribution in [0.2, 0.25) is 0 Å². The van der Waals surface area contributed by atoms with E-state index in [1.54, 1.807) is 41.5 Å². The molecule has 2 radical (unpaired) electrons. The van der Waals surface area contributed by atoms with Gasteiger partial charge in [0.2, 0.25) is 5.91 Å². The Morgan fingerprint density at radius 3 is 2.16 bits per heavy atom. The van der Waals surface area contributed by atoms with Gasteiger partial charge in [-0.1, -0.05) is 32.4 Å². The Morgan fingerprint density at radius 1 is 1.07 bits per heavy atom. The van der Waals surface area contributed by atoms with E-state index in [0.717, 1.165) is 12.5 Å². The summed E-state index contributed by atoms with van der Waals surface area (Å²) in [6.45, 7) is 12.1. The Bertz CT molecular complexity index is 1280. The molecule has 0 aromatic heterocycles. The van der Waals surface area contributed by atoms with Crippen molar-refractivity contribution in [1.82, 2.24) is 5.32 Å². The van der Waals surface area contributed by atoms with Crippen LogP contribution in [0.3, 0.4) is 0 Å². The molecule has 0 aromatic rings. The molecule has 0 unspecified atom stereocenters. The Balaban J connectivity index is 0.00000353. The number of nitrogens with one attached hydrogen (secondary N) is 1. The molecule has 10 atom stereocenters. The van der Waals surface area contributed by atoms with Gasteiger partial charge < -0.3 is 40.0 Å². The molecular weight excluding hydrogens is 1020 g/mol. The third kappa shape index (κ3) is 6.99. The smallest absolute Gasteiger partial charge is 0.338 e. The molecule has 2 bridgehead atoms. The molecule has 14 heteroatoms. The van der Waals surface area contributed by atoms with Crippen molar-refractivity contribution in [3.63, 3.8) is 0 Å². The summed E-state index contributed by atoms with van der Waals surface area (Å²) in [6.07, 6.45) is -5.26. The number of allylic oxidation sites excluding steroid dienone is 1. The van der Waals surface area contributed by atoms with Crippen molar-refractivity contribution in [3.05, 3.63) is 22.8 Å². The number of fused-ring (bicyclic) bond motifs is 5. The number of Topliss-reactive ketones (excluding diaryl/α,β-unsaturated/α-hetero) is 1. The predicted octanol–water partition coefficient (Wildman–Crippen LogP) is 0.629. The second-order valence-electron chi connectivity index (χ2n) is 13.7. The average Bonchev–Trinajstić information content (AvgIpc) is 2.87. The van der Waals surface area contributed by atoms with Crippen molar-refractivity contribution in [2.24, 2.45) is 16.7 Å². The van der Waals surface area contributed by atoms with Crippen LogP contribution in [0.25, 0.3) is 0 Å². The van der Waals surface area contributed by atoms with Crippen LogP contribution in [0.4, 0.5) is 0 Å². The third-order valence-electron chi connectivity index (χ3n) is 10.3. The number of hydrogen-bond donors (Lipinski definition) is 5. The molecule has 1 amide bonds. The van der Waals surface area contributed by atoms with Crippen molar-refractivity contribution < 1.29 is 142 Å². The standard InChI is InChI=1S/C31H45NO11.2Ac/c1-14(2)11-18(32-16(4)33)22(35)27(38)43-19-12-31(40)26(42-17(5)34)24-29(8,10-9-20-30(24,39)13-41-20)25(37)23(36)21(15(19)3)28(31,6)7;;/h11,18-20,22-24,26,35-36,39-40H,9-10,12-13H2,1-8H3,(H,32,33);;/t18-,19-,20+,22+,23+,24-,26-,29+,30-,31+;;/m0../s1. The number of carbonyl (C=O) groups is 4. The van der Waals surface area contributed by atoms with Crippen LogP contribution < -0.4 is 5.32 Å². The number of ketones is 1. The van der Waals surface area contributed by atoms with E-state index in [1.165, 1.54) is 13.0 Å². The number of aliphatic hydroxyl groups is 4. The number of ether oxygens (including phenoxy) is 3. The molecule has 0 aromatic carbocycles. The molecule has 1 heterocycles. The van der Waals surface area contributed by atoms with Crippen LogP contribution in [0.1, 0.15) is 74.7 Å². The van der Waals surface area contributed by atoms with E-state index in [-0.39, 0.29) is 113 Å². The first-order valence-electron chi connectivity index (χ1n) is 14.7. The van der Waals surface area contributed by atoms with Gasteiger partial charge in [-0.15, -0.1) is 0 Å². The fourth-order valence-electron chi connectivity index (χ4n) is 7.98. The molecular formula is C31H45Ac2NO11. The second-order valence-corrected chi connectivity index (χ2v) is 13.7. The van der Waals surface area contributed by atoms with Gasteiger partial charge in [0, 0.05) is 125 Å². The van der Waals surface area contributed by atoms with Crippen molar-refractivity contribution in [2.45, 2.75) is 122 Å². The zero-order valence-electron chi connectivity index (χ0n) is 27.2. The fraction of sp³-hybridized carbons (Fsp3) is 0.742. The Labute approximate surface area is 335 Å². The minimum atomic E-state index is -2.07. The first kappa shape index (κ1) is 41.4. The molecule has 3 fully saturated rings. The number of esters is 2. The van der Waals surface area contributed by atoms with E-state index in [2.05, 4.69) is 5.32 Å². The number of aliphatic hydroxyl groups excluding tert-OH is 2. The fourth-order valence-corrected chi connectivity index (χ4v) is 7.98. The van der Waals surface area contributed by atoms with Crippen molar-refractivity contribution in [3.8, 4) is 0 Å². The van der Waals surface area contributed by atoms with Crippen LogP contribution in [-0.2, 0) is 33.4 Å². The maximum absolute atomic E-state index is 14.2. The predicted molar refractivity (Wildman–Crippen MR) is 151 cm³/mol. The van der Waals surface area contributed by atoms with Gasteiger partial charge in [-0.25, -0.2) is 4.79 Å². The summed E-state index contributed by atoms with van der Waals surface area (Å²) in [5.74, 6) is -4.13. The summed E-state index contributed by atoms with van der Waals surface area (Å²) < 4.78 is 17.2. The molecule has 1 aliphatic heterocycles. The minimum Gasteiger partial charge on any atom is -0.459 e. The summed E-state index contributed by atoms with van der Waals surface area (Å²) in [6, 6.07) is -1.11. The molecule has 3 aliphatic carbocycles. The van der Waals surface area contributed by atoms with E-state index in [4.69, 9.17) is 14.2 Å². The van der Waals surface area contributed by atoms with Gasteiger partial charge >= 0.3 is 11.9 Å². The Hall–Kier alpha value is 0.243. The summed E-state index contributed by atoms with van der Waals surface area (Å²) in [7, 11) is 0. The Morgan fingerprint density at radius 2 is 1.67 bits per heavy atom. The van der Waals surface area contributed by atoms with Crippen LogP contribution in [0, 0.1) is 105 Å². The van der Waals surface area contributed by atoms with Crippen molar-refractivity contribution in [2.75, 3.05) is 6.61 Å². The molecule has 5 N–H and O–H groups in total. The summed E-state index contributed by atoms with van der Waals surface area (Å²) in [4.78, 5) is 51.9. The zero-order chi connectivity index (χ0) is 32.4. The van der Waals surface area contributed by atoms with E-state index < -0.39 is 88.1 Å². The largest absolute Gasteiger partial charge is 0.459 e. The van der Waals surface area contributed by atoms with Gasteiger partial charge in [-0.2, -0.15) is 0 Å². The van der Waals surface area contributed by atoms with Gasteiger partial charge in [0.15, 0.2) is 11.9 Å². The second kappa shape index (κ2) is 14.6. The van der Waals surface area contributed by atoms with Gasteiger partial charge in [0.25, 0.3) is 0 Å². The quantitative estimate of drug-likeness (QED) is 0.186. The molecule has 0 spiro atoms. The first-order chi connectivity index (χ1) is 19.7. The van der Waals surface area contributed by atoms with Crippen LogP contribution in [-0.4, -0.2) is 98.4 Å². The molecule has 45 heavy (non-hydrogen) atoms. The number of hydrogen-bond acceptors (Lipinski definition) is 11. The molecule has 246 valence electrons. The van der Waals surface area contributed by atoms with Crippen molar-refractivity contribution >= 4 is 23.6 Å².